The van der Waals surface area contributed by atoms with E-state index in [0.717, 1.165) is 29.9 Å². The van der Waals surface area contributed by atoms with Crippen LogP contribution in [-0.2, 0) is 14.3 Å². The number of ether oxygens (including phenoxy) is 1. The molecule has 0 heterocycles. The molecule has 1 amide bonds. The molecule has 146 valence electrons. The minimum absolute atomic E-state index is 0.0915. The number of nitrogens with one attached hydrogen (secondary N) is 1. The van der Waals surface area contributed by atoms with Crippen LogP contribution < -0.4 is 5.32 Å². The van der Waals surface area contributed by atoms with E-state index in [1.54, 1.807) is 0 Å². The molecule has 1 atom stereocenters. The van der Waals surface area contributed by atoms with Crippen molar-refractivity contribution in [3.63, 3.8) is 0 Å². The van der Waals surface area contributed by atoms with Crippen molar-refractivity contribution < 1.29 is 14.3 Å². The Morgan fingerprint density at radius 1 is 1.07 bits per heavy atom. The van der Waals surface area contributed by atoms with Crippen molar-refractivity contribution in [3.8, 4) is 0 Å². The van der Waals surface area contributed by atoms with Crippen LogP contribution in [0.1, 0.15) is 63.4 Å². The lowest BCUT2D eigenvalue weighted by Gasteiger charge is -2.56. The summed E-state index contributed by atoms with van der Waals surface area (Å²) in [5, 5.41) is 3.06. The van der Waals surface area contributed by atoms with Crippen LogP contribution in [0.25, 0.3) is 0 Å². The fraction of sp³-hybridized carbons (Fsp3) is 0.652. The fourth-order valence-corrected chi connectivity index (χ4v) is 6.20. The predicted molar refractivity (Wildman–Crippen MR) is 104 cm³/mol. The molecule has 4 bridgehead atoms. The van der Waals surface area contributed by atoms with Crippen molar-refractivity contribution in [2.75, 3.05) is 13.2 Å². The SMILES string of the molecule is C[C@@H](CC(=O)OCC(=O)NCC12CC3CC(CC(C3)C1)C2)c1ccccc1. The lowest BCUT2D eigenvalue weighted by atomic mass is 9.49. The van der Waals surface area contributed by atoms with E-state index in [-0.39, 0.29) is 24.4 Å². The molecular formula is C23H31NO3. The summed E-state index contributed by atoms with van der Waals surface area (Å²) in [6, 6.07) is 9.92. The van der Waals surface area contributed by atoms with E-state index in [2.05, 4.69) is 5.32 Å². The van der Waals surface area contributed by atoms with E-state index in [4.69, 9.17) is 4.74 Å². The third-order valence-electron chi connectivity index (χ3n) is 7.03. The van der Waals surface area contributed by atoms with Gasteiger partial charge in [-0.3, -0.25) is 9.59 Å². The molecule has 4 saturated carbocycles. The van der Waals surface area contributed by atoms with Gasteiger partial charge < -0.3 is 10.1 Å². The Bertz CT molecular complexity index is 649. The van der Waals surface area contributed by atoms with Gasteiger partial charge in [-0.25, -0.2) is 0 Å². The molecule has 0 saturated heterocycles. The van der Waals surface area contributed by atoms with Crippen LogP contribution in [-0.4, -0.2) is 25.0 Å². The largest absolute Gasteiger partial charge is 0.456 e. The number of amides is 1. The maximum Gasteiger partial charge on any atom is 0.306 e. The van der Waals surface area contributed by atoms with Gasteiger partial charge >= 0.3 is 5.97 Å². The molecule has 0 unspecified atom stereocenters. The van der Waals surface area contributed by atoms with Crippen LogP contribution >= 0.6 is 0 Å². The average molecular weight is 370 g/mol. The van der Waals surface area contributed by atoms with Gasteiger partial charge in [0.15, 0.2) is 6.61 Å². The van der Waals surface area contributed by atoms with E-state index < -0.39 is 0 Å². The monoisotopic (exact) mass is 369 g/mol. The number of carbonyl (C=O) groups excluding carboxylic acids is 2. The lowest BCUT2D eigenvalue weighted by Crippen LogP contribution is -2.51. The van der Waals surface area contributed by atoms with Crippen LogP contribution in [0.5, 0.6) is 0 Å². The van der Waals surface area contributed by atoms with Crippen molar-refractivity contribution in [3.05, 3.63) is 35.9 Å². The van der Waals surface area contributed by atoms with Crippen molar-refractivity contribution in [1.82, 2.24) is 5.32 Å². The second-order valence-corrected chi connectivity index (χ2v) is 9.37. The summed E-state index contributed by atoms with van der Waals surface area (Å²) < 4.78 is 5.22. The second kappa shape index (κ2) is 7.65. The highest BCUT2D eigenvalue weighted by atomic mass is 16.5. The van der Waals surface area contributed by atoms with Gasteiger partial charge in [0.25, 0.3) is 5.91 Å². The Morgan fingerprint density at radius 2 is 1.67 bits per heavy atom. The summed E-state index contributed by atoms with van der Waals surface area (Å²) >= 11 is 0. The first-order valence-corrected chi connectivity index (χ1v) is 10.5. The van der Waals surface area contributed by atoms with Crippen LogP contribution in [0.2, 0.25) is 0 Å². The third kappa shape index (κ3) is 4.36. The number of benzene rings is 1. The maximum absolute atomic E-state index is 12.2. The molecule has 1 N–H and O–H groups in total. The first-order valence-electron chi connectivity index (χ1n) is 10.5. The molecule has 27 heavy (non-hydrogen) atoms. The van der Waals surface area contributed by atoms with E-state index in [9.17, 15) is 9.59 Å². The number of esters is 1. The summed E-state index contributed by atoms with van der Waals surface area (Å²) in [5.41, 5.74) is 1.43. The topological polar surface area (TPSA) is 55.4 Å². The van der Waals surface area contributed by atoms with Gasteiger partial charge in [0.05, 0.1) is 6.42 Å². The first-order chi connectivity index (χ1) is 13.0. The fourth-order valence-electron chi connectivity index (χ4n) is 6.20. The first kappa shape index (κ1) is 18.5. The molecule has 4 fully saturated rings. The summed E-state index contributed by atoms with van der Waals surface area (Å²) in [7, 11) is 0. The summed E-state index contributed by atoms with van der Waals surface area (Å²) in [5.74, 6) is 2.26. The van der Waals surface area contributed by atoms with Crippen molar-refractivity contribution in [1.29, 1.82) is 0 Å². The Hall–Kier alpha value is -1.84. The van der Waals surface area contributed by atoms with Gasteiger partial charge in [0.1, 0.15) is 0 Å². The van der Waals surface area contributed by atoms with Crippen LogP contribution in [0.3, 0.4) is 0 Å². The van der Waals surface area contributed by atoms with Gasteiger partial charge in [-0.1, -0.05) is 37.3 Å². The number of hydrogen-bond donors (Lipinski definition) is 1. The molecule has 0 radical (unpaired) electrons. The quantitative estimate of drug-likeness (QED) is 0.738. The third-order valence-corrected chi connectivity index (χ3v) is 7.03. The molecule has 0 aromatic heterocycles. The van der Waals surface area contributed by atoms with Crippen LogP contribution in [0, 0.1) is 23.2 Å². The zero-order valence-corrected chi connectivity index (χ0v) is 16.3. The Kier molecular flexibility index (Phi) is 5.25. The van der Waals surface area contributed by atoms with Crippen molar-refractivity contribution in [2.24, 2.45) is 23.2 Å². The van der Waals surface area contributed by atoms with Crippen molar-refractivity contribution >= 4 is 11.9 Å². The van der Waals surface area contributed by atoms with Gasteiger partial charge in [0, 0.05) is 6.54 Å². The zero-order valence-electron chi connectivity index (χ0n) is 16.3. The average Bonchev–Trinajstić information content (AvgIpc) is 2.64. The molecule has 4 nitrogen and oxygen atoms in total. The summed E-state index contributed by atoms with van der Waals surface area (Å²) in [6.45, 7) is 2.60. The molecule has 5 rings (SSSR count). The zero-order chi connectivity index (χ0) is 18.9. The molecule has 4 aliphatic rings. The van der Waals surface area contributed by atoms with E-state index in [0.29, 0.717) is 11.8 Å². The number of rotatable bonds is 7. The lowest BCUT2D eigenvalue weighted by molar-refractivity contribution is -0.149. The highest BCUT2D eigenvalue weighted by molar-refractivity contribution is 5.80. The smallest absolute Gasteiger partial charge is 0.306 e. The number of hydrogen-bond acceptors (Lipinski definition) is 3. The molecule has 0 spiro atoms. The highest BCUT2D eigenvalue weighted by Crippen LogP contribution is 2.59. The van der Waals surface area contributed by atoms with Crippen molar-refractivity contribution in [2.45, 2.75) is 57.8 Å². The summed E-state index contributed by atoms with van der Waals surface area (Å²) in [6.07, 6.45) is 8.33. The van der Waals surface area contributed by atoms with Crippen LogP contribution in [0.4, 0.5) is 0 Å². The number of carbonyl (C=O) groups is 2. The minimum atomic E-state index is -0.309. The predicted octanol–water partition coefficient (Wildman–Crippen LogP) is 4.06. The maximum atomic E-state index is 12.2. The molecule has 4 aliphatic carbocycles. The Morgan fingerprint density at radius 3 is 2.26 bits per heavy atom. The highest BCUT2D eigenvalue weighted by Gasteiger charge is 2.50. The molecule has 1 aromatic rings. The molecule has 1 aromatic carbocycles. The van der Waals surface area contributed by atoms with Gasteiger partial charge in [-0.2, -0.15) is 0 Å². The minimum Gasteiger partial charge on any atom is -0.456 e. The molecular weight excluding hydrogens is 338 g/mol. The Labute approximate surface area is 162 Å². The molecule has 0 aliphatic heterocycles. The second-order valence-electron chi connectivity index (χ2n) is 9.37. The van der Waals surface area contributed by atoms with Gasteiger partial charge in [-0.15, -0.1) is 0 Å². The van der Waals surface area contributed by atoms with E-state index >= 15 is 0 Å². The Balaban J connectivity index is 1.19. The molecule has 4 heteroatoms. The van der Waals surface area contributed by atoms with Gasteiger partial charge in [-0.05, 0) is 73.2 Å². The van der Waals surface area contributed by atoms with Gasteiger partial charge in [0.2, 0.25) is 0 Å². The van der Waals surface area contributed by atoms with E-state index in [1.165, 1.54) is 38.5 Å². The van der Waals surface area contributed by atoms with E-state index in [1.807, 2.05) is 37.3 Å². The normalized spacial score (nSPS) is 32.1. The van der Waals surface area contributed by atoms with Crippen LogP contribution in [0.15, 0.2) is 30.3 Å². The summed E-state index contributed by atoms with van der Waals surface area (Å²) in [4.78, 5) is 24.3. The standard InChI is InChI=1S/C23H31NO3/c1-16(20-5-3-2-4-6-20)7-22(26)27-14-21(25)24-15-23-11-17-8-18(12-23)10-19(9-17)13-23/h2-6,16-19H,7-15H2,1H3,(H,24,25)/t16-,17?,18?,19?,23?/m0/s1.